The second-order valence-electron chi connectivity index (χ2n) is 4.93. The standard InChI is InChI=1S/C15H21BrO4S/c1-4-5-13(10(2)16)14-7-6-11(15(17)20-3)8-12(14)9-21(18)19/h6-8,10,13H,4-5,9H2,1-3H3,(H,18,19)/p-1. The molecule has 0 bridgehead atoms. The minimum atomic E-state index is -2.20. The molecular weight excluding hydrogens is 356 g/mol. The van der Waals surface area contributed by atoms with E-state index in [0.717, 1.165) is 18.4 Å². The first kappa shape index (κ1) is 18.3. The molecular formula is C15H20BrO4S-. The maximum absolute atomic E-state index is 11.6. The Bertz CT molecular complexity index is 516. The Morgan fingerprint density at radius 2 is 2.14 bits per heavy atom. The number of alkyl halides is 1. The smallest absolute Gasteiger partial charge is 0.337 e. The van der Waals surface area contributed by atoms with Gasteiger partial charge in [-0.2, -0.15) is 0 Å². The summed E-state index contributed by atoms with van der Waals surface area (Å²) in [7, 11) is 1.31. The van der Waals surface area contributed by atoms with Crippen LogP contribution in [0.4, 0.5) is 0 Å². The third-order valence-electron chi connectivity index (χ3n) is 3.39. The van der Waals surface area contributed by atoms with Crippen LogP contribution in [0, 0.1) is 0 Å². The molecule has 0 fully saturated rings. The fourth-order valence-corrected chi connectivity index (χ4v) is 3.46. The highest BCUT2D eigenvalue weighted by atomic mass is 79.9. The molecule has 1 aromatic carbocycles. The van der Waals surface area contributed by atoms with E-state index in [2.05, 4.69) is 27.6 Å². The number of esters is 1. The van der Waals surface area contributed by atoms with Gasteiger partial charge in [0.25, 0.3) is 0 Å². The van der Waals surface area contributed by atoms with Crippen LogP contribution >= 0.6 is 15.9 Å². The van der Waals surface area contributed by atoms with Crippen molar-refractivity contribution in [2.24, 2.45) is 0 Å². The summed E-state index contributed by atoms with van der Waals surface area (Å²) in [4.78, 5) is 11.8. The SMILES string of the molecule is CCCC(c1ccc(C(=O)OC)cc1CS(=O)[O-])C(C)Br. The first-order valence-electron chi connectivity index (χ1n) is 6.81. The predicted molar refractivity (Wildman–Crippen MR) is 86.4 cm³/mol. The Hall–Kier alpha value is -0.720. The fraction of sp³-hybridized carbons (Fsp3) is 0.533. The molecule has 0 heterocycles. The van der Waals surface area contributed by atoms with Gasteiger partial charge in [0.2, 0.25) is 0 Å². The van der Waals surface area contributed by atoms with Crippen molar-refractivity contribution in [1.29, 1.82) is 0 Å². The molecule has 0 saturated heterocycles. The average Bonchev–Trinajstić information content (AvgIpc) is 2.43. The Morgan fingerprint density at radius 3 is 2.62 bits per heavy atom. The lowest BCUT2D eigenvalue weighted by molar-refractivity contribution is 0.0600. The largest absolute Gasteiger partial charge is 0.772 e. The number of ether oxygens (including phenoxy) is 1. The zero-order chi connectivity index (χ0) is 16.0. The highest BCUT2D eigenvalue weighted by molar-refractivity contribution is 9.09. The van der Waals surface area contributed by atoms with Crippen LogP contribution in [-0.4, -0.2) is 26.7 Å². The van der Waals surface area contributed by atoms with Gasteiger partial charge in [-0.15, -0.1) is 0 Å². The molecule has 0 saturated carbocycles. The van der Waals surface area contributed by atoms with Crippen molar-refractivity contribution in [3.63, 3.8) is 0 Å². The lowest BCUT2D eigenvalue weighted by Crippen LogP contribution is -2.14. The molecule has 0 amide bonds. The molecule has 0 spiro atoms. The van der Waals surface area contributed by atoms with E-state index in [9.17, 15) is 13.6 Å². The number of benzene rings is 1. The topological polar surface area (TPSA) is 66.4 Å². The van der Waals surface area contributed by atoms with E-state index >= 15 is 0 Å². The average molecular weight is 376 g/mol. The van der Waals surface area contributed by atoms with E-state index < -0.39 is 17.0 Å². The molecule has 0 radical (unpaired) electrons. The van der Waals surface area contributed by atoms with Gasteiger partial charge in [0.05, 0.1) is 12.7 Å². The Balaban J connectivity index is 3.28. The highest BCUT2D eigenvalue weighted by Gasteiger charge is 2.20. The van der Waals surface area contributed by atoms with Crippen LogP contribution in [0.15, 0.2) is 18.2 Å². The summed E-state index contributed by atoms with van der Waals surface area (Å²) in [6.45, 7) is 4.14. The van der Waals surface area contributed by atoms with Gasteiger partial charge in [0.1, 0.15) is 0 Å². The second kappa shape index (κ2) is 8.66. The summed E-state index contributed by atoms with van der Waals surface area (Å²) in [5.41, 5.74) is 2.01. The number of carbonyl (C=O) groups is 1. The van der Waals surface area contributed by atoms with Crippen molar-refractivity contribution in [3.8, 4) is 0 Å². The molecule has 118 valence electrons. The Labute approximate surface area is 136 Å². The number of methoxy groups -OCH3 is 1. The minimum absolute atomic E-state index is 0.0971. The lowest BCUT2D eigenvalue weighted by Gasteiger charge is -2.23. The Kier molecular flexibility index (Phi) is 7.56. The molecule has 0 aliphatic rings. The van der Waals surface area contributed by atoms with Crippen molar-refractivity contribution < 1.29 is 18.3 Å². The molecule has 0 aromatic heterocycles. The summed E-state index contributed by atoms with van der Waals surface area (Å²) >= 11 is 1.39. The van der Waals surface area contributed by atoms with Crippen LogP contribution in [0.25, 0.3) is 0 Å². The monoisotopic (exact) mass is 375 g/mol. The first-order chi connectivity index (χ1) is 9.90. The molecule has 1 aromatic rings. The van der Waals surface area contributed by atoms with Crippen LogP contribution < -0.4 is 0 Å². The van der Waals surface area contributed by atoms with E-state index in [0.29, 0.717) is 11.1 Å². The molecule has 3 unspecified atom stereocenters. The summed E-state index contributed by atoms with van der Waals surface area (Å²) < 4.78 is 26.9. The summed E-state index contributed by atoms with van der Waals surface area (Å²) in [6, 6.07) is 5.15. The van der Waals surface area contributed by atoms with E-state index in [4.69, 9.17) is 0 Å². The van der Waals surface area contributed by atoms with Gasteiger partial charge < -0.3 is 9.29 Å². The van der Waals surface area contributed by atoms with Crippen LogP contribution in [-0.2, 0) is 21.6 Å². The fourth-order valence-electron chi connectivity index (χ4n) is 2.41. The second-order valence-corrected chi connectivity index (χ2v) is 7.27. The van der Waals surface area contributed by atoms with Crippen LogP contribution in [0.5, 0.6) is 0 Å². The number of halogens is 1. The summed E-state index contributed by atoms with van der Waals surface area (Å²) in [5, 5.41) is 0. The summed E-state index contributed by atoms with van der Waals surface area (Å²) in [5.74, 6) is -0.348. The molecule has 0 aliphatic heterocycles. The van der Waals surface area contributed by atoms with Gasteiger partial charge >= 0.3 is 5.97 Å². The van der Waals surface area contributed by atoms with Crippen molar-refractivity contribution in [3.05, 3.63) is 34.9 Å². The molecule has 0 aliphatic carbocycles. The van der Waals surface area contributed by atoms with E-state index in [-0.39, 0.29) is 16.5 Å². The van der Waals surface area contributed by atoms with Crippen LogP contribution in [0.2, 0.25) is 0 Å². The lowest BCUT2D eigenvalue weighted by atomic mass is 9.88. The van der Waals surface area contributed by atoms with Gasteiger partial charge in [0, 0.05) is 10.6 Å². The molecule has 21 heavy (non-hydrogen) atoms. The predicted octanol–water partition coefficient (Wildman–Crippen LogP) is 3.52. The van der Waals surface area contributed by atoms with E-state index in [1.54, 1.807) is 12.1 Å². The number of hydrogen-bond acceptors (Lipinski definition) is 4. The molecule has 4 nitrogen and oxygen atoms in total. The van der Waals surface area contributed by atoms with Crippen LogP contribution in [0.1, 0.15) is 54.1 Å². The zero-order valence-corrected chi connectivity index (χ0v) is 14.8. The number of hydrogen-bond donors (Lipinski definition) is 0. The Morgan fingerprint density at radius 1 is 1.48 bits per heavy atom. The maximum Gasteiger partial charge on any atom is 0.337 e. The molecule has 1 rings (SSSR count). The molecule has 0 N–H and O–H groups in total. The van der Waals surface area contributed by atoms with Gasteiger partial charge in [0.15, 0.2) is 0 Å². The number of carbonyl (C=O) groups excluding carboxylic acids is 1. The van der Waals surface area contributed by atoms with Crippen molar-refractivity contribution in [2.75, 3.05) is 7.11 Å². The third-order valence-corrected chi connectivity index (χ3v) is 4.58. The van der Waals surface area contributed by atoms with Crippen molar-refractivity contribution in [1.82, 2.24) is 0 Å². The molecule has 3 atom stereocenters. The minimum Gasteiger partial charge on any atom is -0.772 e. The van der Waals surface area contributed by atoms with Gasteiger partial charge in [-0.25, -0.2) is 4.79 Å². The molecule has 6 heteroatoms. The number of rotatable bonds is 7. The van der Waals surface area contributed by atoms with Crippen molar-refractivity contribution in [2.45, 2.75) is 43.2 Å². The van der Waals surface area contributed by atoms with Gasteiger partial charge in [-0.1, -0.05) is 53.3 Å². The van der Waals surface area contributed by atoms with Crippen LogP contribution in [0.3, 0.4) is 0 Å². The quantitative estimate of drug-likeness (QED) is 0.415. The van der Waals surface area contributed by atoms with Gasteiger partial charge in [-0.3, -0.25) is 4.21 Å². The first-order valence-corrected chi connectivity index (χ1v) is 8.97. The van der Waals surface area contributed by atoms with Gasteiger partial charge in [-0.05, 0) is 35.6 Å². The van der Waals surface area contributed by atoms with E-state index in [1.807, 2.05) is 13.0 Å². The van der Waals surface area contributed by atoms with Crippen molar-refractivity contribution >= 4 is 33.0 Å². The third kappa shape index (κ3) is 5.20. The maximum atomic E-state index is 11.6. The normalized spacial score (nSPS) is 15.3. The summed E-state index contributed by atoms with van der Waals surface area (Å²) in [6.07, 6.45) is 1.95. The highest BCUT2D eigenvalue weighted by Crippen LogP contribution is 2.33. The zero-order valence-electron chi connectivity index (χ0n) is 12.4. The van der Waals surface area contributed by atoms with E-state index in [1.165, 1.54) is 7.11 Å².